The van der Waals surface area contributed by atoms with E-state index >= 15 is 0 Å². The SMILES string of the molecule is CCNC(=NCc1cc(OC)ccc1O)NCCC(C)N(C)Cc1ccccc1.I. The molecule has 0 bridgehead atoms. The number of guanidine groups is 1. The van der Waals surface area contributed by atoms with Crippen molar-refractivity contribution in [1.82, 2.24) is 15.5 Å². The van der Waals surface area contributed by atoms with Crippen LogP contribution in [0.25, 0.3) is 0 Å². The first-order valence-corrected chi connectivity index (χ1v) is 10.2. The number of aromatic hydroxyl groups is 1. The normalized spacial score (nSPS) is 12.2. The number of ether oxygens (including phenoxy) is 1. The summed E-state index contributed by atoms with van der Waals surface area (Å²) in [4.78, 5) is 6.95. The summed E-state index contributed by atoms with van der Waals surface area (Å²) < 4.78 is 5.22. The van der Waals surface area contributed by atoms with Crippen molar-refractivity contribution in [1.29, 1.82) is 0 Å². The fraction of sp³-hybridized carbons (Fsp3) is 0.435. The molecule has 0 radical (unpaired) electrons. The lowest BCUT2D eigenvalue weighted by Gasteiger charge is -2.25. The highest BCUT2D eigenvalue weighted by Crippen LogP contribution is 2.23. The van der Waals surface area contributed by atoms with E-state index in [0.29, 0.717) is 18.3 Å². The van der Waals surface area contributed by atoms with Gasteiger partial charge in [0.15, 0.2) is 5.96 Å². The van der Waals surface area contributed by atoms with Gasteiger partial charge in [-0.1, -0.05) is 30.3 Å². The van der Waals surface area contributed by atoms with Crippen LogP contribution in [0.15, 0.2) is 53.5 Å². The largest absolute Gasteiger partial charge is 0.508 e. The molecule has 0 spiro atoms. The first kappa shape index (κ1) is 26.0. The van der Waals surface area contributed by atoms with Crippen LogP contribution in [-0.2, 0) is 13.1 Å². The molecule has 0 saturated carbocycles. The molecule has 0 aliphatic rings. The Kier molecular flexibility index (Phi) is 12.2. The van der Waals surface area contributed by atoms with E-state index < -0.39 is 0 Å². The molecule has 2 rings (SSSR count). The Morgan fingerprint density at radius 2 is 1.90 bits per heavy atom. The van der Waals surface area contributed by atoms with Crippen molar-refractivity contribution in [2.45, 2.75) is 39.4 Å². The summed E-state index contributed by atoms with van der Waals surface area (Å²) in [5.74, 6) is 1.68. The summed E-state index contributed by atoms with van der Waals surface area (Å²) >= 11 is 0. The lowest BCUT2D eigenvalue weighted by Crippen LogP contribution is -2.40. The van der Waals surface area contributed by atoms with Crippen molar-refractivity contribution in [3.05, 3.63) is 59.7 Å². The van der Waals surface area contributed by atoms with Gasteiger partial charge in [0.1, 0.15) is 11.5 Å². The highest BCUT2D eigenvalue weighted by Gasteiger charge is 2.10. The van der Waals surface area contributed by atoms with Crippen LogP contribution >= 0.6 is 24.0 Å². The molecule has 2 aromatic rings. The van der Waals surface area contributed by atoms with Gasteiger partial charge in [-0.2, -0.15) is 0 Å². The zero-order valence-electron chi connectivity index (χ0n) is 18.4. The predicted molar refractivity (Wildman–Crippen MR) is 135 cm³/mol. The Hall–Kier alpha value is -2.00. The number of phenols is 1. The summed E-state index contributed by atoms with van der Waals surface area (Å²) in [6.07, 6.45) is 0.998. The Bertz CT molecular complexity index is 771. The van der Waals surface area contributed by atoms with Crippen molar-refractivity contribution < 1.29 is 9.84 Å². The van der Waals surface area contributed by atoms with Gasteiger partial charge in [-0.15, -0.1) is 24.0 Å². The molecule has 166 valence electrons. The van der Waals surface area contributed by atoms with Gasteiger partial charge in [-0.3, -0.25) is 4.90 Å². The van der Waals surface area contributed by atoms with Crippen LogP contribution in [0.4, 0.5) is 0 Å². The van der Waals surface area contributed by atoms with E-state index in [0.717, 1.165) is 37.6 Å². The van der Waals surface area contributed by atoms with Crippen molar-refractivity contribution in [3.8, 4) is 11.5 Å². The average molecular weight is 526 g/mol. The maximum absolute atomic E-state index is 10.0. The van der Waals surface area contributed by atoms with Gasteiger partial charge < -0.3 is 20.5 Å². The average Bonchev–Trinajstić information content (AvgIpc) is 2.73. The first-order chi connectivity index (χ1) is 14.0. The summed E-state index contributed by atoms with van der Waals surface area (Å²) in [6.45, 7) is 7.18. The fourth-order valence-corrected chi connectivity index (χ4v) is 2.97. The number of hydrogen-bond acceptors (Lipinski definition) is 4. The van der Waals surface area contributed by atoms with Crippen LogP contribution in [0.5, 0.6) is 11.5 Å². The summed E-state index contributed by atoms with van der Waals surface area (Å²) in [6, 6.07) is 16.1. The summed E-state index contributed by atoms with van der Waals surface area (Å²) in [5.41, 5.74) is 2.06. The van der Waals surface area contributed by atoms with E-state index in [-0.39, 0.29) is 29.7 Å². The number of halogens is 1. The highest BCUT2D eigenvalue weighted by molar-refractivity contribution is 14.0. The smallest absolute Gasteiger partial charge is 0.191 e. The number of nitrogens with zero attached hydrogens (tertiary/aromatic N) is 2. The molecule has 1 atom stereocenters. The molecule has 2 aromatic carbocycles. The number of benzene rings is 2. The molecule has 0 aliphatic heterocycles. The van der Waals surface area contributed by atoms with Crippen LogP contribution in [0.3, 0.4) is 0 Å². The van der Waals surface area contributed by atoms with Gasteiger partial charge in [0.2, 0.25) is 0 Å². The van der Waals surface area contributed by atoms with Gasteiger partial charge >= 0.3 is 0 Å². The third-order valence-corrected chi connectivity index (χ3v) is 4.92. The fourth-order valence-electron chi connectivity index (χ4n) is 2.97. The highest BCUT2D eigenvalue weighted by atomic mass is 127. The maximum atomic E-state index is 10.0. The molecule has 0 fully saturated rings. The van der Waals surface area contributed by atoms with Crippen LogP contribution in [0.2, 0.25) is 0 Å². The quantitative estimate of drug-likeness (QED) is 0.248. The van der Waals surface area contributed by atoms with E-state index in [4.69, 9.17) is 4.74 Å². The number of methoxy groups -OCH3 is 1. The Balaban J connectivity index is 0.00000450. The molecule has 0 amide bonds. The minimum Gasteiger partial charge on any atom is -0.508 e. The van der Waals surface area contributed by atoms with Gasteiger partial charge in [-0.25, -0.2) is 4.99 Å². The Labute approximate surface area is 197 Å². The molecule has 0 aromatic heterocycles. The van der Waals surface area contributed by atoms with E-state index in [1.807, 2.05) is 19.1 Å². The van der Waals surface area contributed by atoms with Crippen molar-refractivity contribution in [2.24, 2.45) is 4.99 Å². The third kappa shape index (κ3) is 8.79. The second-order valence-electron chi connectivity index (χ2n) is 7.15. The van der Waals surface area contributed by atoms with Crippen molar-refractivity contribution in [2.75, 3.05) is 27.2 Å². The zero-order valence-corrected chi connectivity index (χ0v) is 20.7. The number of nitrogens with one attached hydrogen (secondary N) is 2. The molecule has 7 heteroatoms. The monoisotopic (exact) mass is 526 g/mol. The molecular formula is C23H35IN4O2. The molecule has 0 saturated heterocycles. The molecule has 6 nitrogen and oxygen atoms in total. The molecule has 1 unspecified atom stereocenters. The van der Waals surface area contributed by atoms with Crippen LogP contribution in [-0.4, -0.2) is 49.3 Å². The Morgan fingerprint density at radius 1 is 1.17 bits per heavy atom. The van der Waals surface area contributed by atoms with Crippen molar-refractivity contribution in [3.63, 3.8) is 0 Å². The van der Waals surface area contributed by atoms with Gasteiger partial charge in [0.25, 0.3) is 0 Å². The molecule has 0 aliphatic carbocycles. The van der Waals surface area contributed by atoms with Gasteiger partial charge in [0.05, 0.1) is 13.7 Å². The summed E-state index contributed by atoms with van der Waals surface area (Å²) in [5, 5.41) is 16.7. The second kappa shape index (κ2) is 14.1. The van der Waals surface area contributed by atoms with Crippen LogP contribution < -0.4 is 15.4 Å². The molecular weight excluding hydrogens is 491 g/mol. The number of aliphatic imine (C=N–C) groups is 1. The number of rotatable bonds is 10. The van der Waals surface area contributed by atoms with E-state index in [1.165, 1.54) is 5.56 Å². The minimum atomic E-state index is 0. The van der Waals surface area contributed by atoms with Crippen molar-refractivity contribution >= 4 is 29.9 Å². The lowest BCUT2D eigenvalue weighted by atomic mass is 10.1. The molecule has 0 heterocycles. The van der Waals surface area contributed by atoms with Gasteiger partial charge in [-0.05, 0) is 51.1 Å². The van der Waals surface area contributed by atoms with E-state index in [9.17, 15) is 5.11 Å². The Morgan fingerprint density at radius 3 is 2.57 bits per heavy atom. The lowest BCUT2D eigenvalue weighted by molar-refractivity contribution is 0.238. The van der Waals surface area contributed by atoms with Gasteiger partial charge in [0, 0.05) is 31.2 Å². The minimum absolute atomic E-state index is 0. The van der Waals surface area contributed by atoms with E-state index in [1.54, 1.807) is 19.2 Å². The summed E-state index contributed by atoms with van der Waals surface area (Å²) in [7, 11) is 3.77. The standard InChI is InChI=1S/C23H34N4O2.HI/c1-5-24-23(26-16-20-15-21(29-4)11-12-22(20)28)25-14-13-18(2)27(3)17-19-9-7-6-8-10-19;/h6-12,15,18,28H,5,13-14,16-17H2,1-4H3,(H2,24,25,26);1H. The number of phenolic OH excluding ortho intramolecular Hbond substituents is 1. The topological polar surface area (TPSA) is 69.1 Å². The molecule has 30 heavy (non-hydrogen) atoms. The first-order valence-electron chi connectivity index (χ1n) is 10.2. The van der Waals surface area contributed by atoms with E-state index in [2.05, 4.69) is 58.8 Å². The molecule has 3 N–H and O–H groups in total. The number of hydrogen-bond donors (Lipinski definition) is 3. The van der Waals surface area contributed by atoms with Crippen LogP contribution in [0.1, 0.15) is 31.4 Å². The van der Waals surface area contributed by atoms with Crippen LogP contribution in [0, 0.1) is 0 Å². The second-order valence-corrected chi connectivity index (χ2v) is 7.15. The predicted octanol–water partition coefficient (Wildman–Crippen LogP) is 3.98. The zero-order chi connectivity index (χ0) is 21.1. The maximum Gasteiger partial charge on any atom is 0.191 e. The third-order valence-electron chi connectivity index (χ3n) is 4.92.